The minimum atomic E-state index is -4.13. The zero-order valence-corrected chi connectivity index (χ0v) is 10.4. The minimum Gasteiger partial charge on any atom is -0.377 e. The van der Waals surface area contributed by atoms with Crippen LogP contribution in [-0.2, 0) is 4.74 Å². The van der Waals surface area contributed by atoms with Gasteiger partial charge in [0.05, 0.1) is 19.1 Å². The monoisotopic (exact) mass is 258 g/mol. The second-order valence-electron chi connectivity index (χ2n) is 4.37. The van der Waals surface area contributed by atoms with Gasteiger partial charge in [-0.05, 0) is 19.3 Å². The summed E-state index contributed by atoms with van der Waals surface area (Å²) < 4.78 is 41.2. The lowest BCUT2D eigenvalue weighted by Crippen LogP contribution is -2.55. The lowest BCUT2D eigenvalue weighted by atomic mass is 9.62. The molecular formula is C11H18ClF3O. The molecule has 1 saturated carbocycles. The smallest absolute Gasteiger partial charge is 0.377 e. The van der Waals surface area contributed by atoms with Crippen LogP contribution in [0, 0.1) is 5.41 Å². The fraction of sp³-hybridized carbons (Fsp3) is 1.00. The van der Waals surface area contributed by atoms with Gasteiger partial charge in [-0.1, -0.05) is 13.8 Å². The Balaban J connectivity index is 2.39. The van der Waals surface area contributed by atoms with E-state index < -0.39 is 12.6 Å². The van der Waals surface area contributed by atoms with E-state index in [1.165, 1.54) is 0 Å². The number of ether oxygens (including phenoxy) is 1. The highest BCUT2D eigenvalue weighted by Crippen LogP contribution is 2.51. The molecule has 0 aromatic heterocycles. The first-order valence-corrected chi connectivity index (χ1v) is 6.11. The number of hydrogen-bond donors (Lipinski definition) is 0. The highest BCUT2D eigenvalue weighted by molar-refractivity contribution is 6.21. The van der Waals surface area contributed by atoms with Crippen molar-refractivity contribution in [3.63, 3.8) is 0 Å². The molecule has 0 N–H and O–H groups in total. The molecule has 1 fully saturated rings. The molecule has 0 bridgehead atoms. The summed E-state index contributed by atoms with van der Waals surface area (Å²) in [4.78, 5) is 0. The number of halogens is 4. The van der Waals surface area contributed by atoms with Crippen LogP contribution >= 0.6 is 11.6 Å². The van der Waals surface area contributed by atoms with E-state index in [4.69, 9.17) is 16.3 Å². The first kappa shape index (κ1) is 14.1. The van der Waals surface area contributed by atoms with Gasteiger partial charge in [-0.25, -0.2) is 0 Å². The standard InChI is InChI=1S/C11H18ClF3O/c1-3-10(4-2)8(12)7-9(10)16-6-5-11(13,14)15/h8-9H,3-7H2,1-2H3. The van der Waals surface area contributed by atoms with E-state index in [0.29, 0.717) is 6.42 Å². The highest BCUT2D eigenvalue weighted by atomic mass is 35.5. The molecule has 0 spiro atoms. The Morgan fingerprint density at radius 3 is 2.25 bits per heavy atom. The van der Waals surface area contributed by atoms with E-state index in [2.05, 4.69) is 0 Å². The lowest BCUT2D eigenvalue weighted by molar-refractivity contribution is -0.169. The summed E-state index contributed by atoms with van der Waals surface area (Å²) >= 11 is 6.13. The summed E-state index contributed by atoms with van der Waals surface area (Å²) in [5.41, 5.74) is -0.118. The van der Waals surface area contributed by atoms with Crippen molar-refractivity contribution in [2.75, 3.05) is 6.61 Å². The molecule has 1 nitrogen and oxygen atoms in total. The number of alkyl halides is 4. The summed E-state index contributed by atoms with van der Waals surface area (Å²) in [6.07, 6.45) is -2.73. The van der Waals surface area contributed by atoms with Gasteiger partial charge in [0.2, 0.25) is 0 Å². The summed E-state index contributed by atoms with van der Waals surface area (Å²) in [5.74, 6) is 0. The second-order valence-corrected chi connectivity index (χ2v) is 4.89. The SMILES string of the molecule is CCC1(CC)C(Cl)CC1OCCC(F)(F)F. The molecule has 0 radical (unpaired) electrons. The fourth-order valence-corrected chi connectivity index (χ4v) is 3.01. The van der Waals surface area contributed by atoms with Crippen LogP contribution in [0.3, 0.4) is 0 Å². The normalized spacial score (nSPS) is 28.9. The van der Waals surface area contributed by atoms with Crippen molar-refractivity contribution in [3.8, 4) is 0 Å². The van der Waals surface area contributed by atoms with Gasteiger partial charge in [0.1, 0.15) is 0 Å². The third-order valence-corrected chi connectivity index (χ3v) is 4.32. The van der Waals surface area contributed by atoms with E-state index in [-0.39, 0.29) is 23.5 Å². The summed E-state index contributed by atoms with van der Waals surface area (Å²) in [6.45, 7) is 3.77. The summed E-state index contributed by atoms with van der Waals surface area (Å²) in [5, 5.41) is 0.0402. The second kappa shape index (κ2) is 5.13. The van der Waals surface area contributed by atoms with Gasteiger partial charge in [0, 0.05) is 10.8 Å². The van der Waals surface area contributed by atoms with E-state index in [9.17, 15) is 13.2 Å². The predicted octanol–water partition coefficient (Wildman–Crippen LogP) is 4.14. The van der Waals surface area contributed by atoms with Crippen molar-refractivity contribution < 1.29 is 17.9 Å². The molecule has 96 valence electrons. The van der Waals surface area contributed by atoms with Gasteiger partial charge >= 0.3 is 6.18 Å². The summed E-state index contributed by atoms with van der Waals surface area (Å²) in [6, 6.07) is 0. The molecule has 5 heteroatoms. The largest absolute Gasteiger partial charge is 0.391 e. The van der Waals surface area contributed by atoms with E-state index in [0.717, 1.165) is 12.8 Å². The van der Waals surface area contributed by atoms with Crippen molar-refractivity contribution in [1.29, 1.82) is 0 Å². The quantitative estimate of drug-likeness (QED) is 0.674. The maximum atomic E-state index is 12.0. The third-order valence-electron chi connectivity index (χ3n) is 3.71. The van der Waals surface area contributed by atoms with Crippen molar-refractivity contribution >= 4 is 11.6 Å². The predicted molar refractivity (Wildman–Crippen MR) is 57.7 cm³/mol. The van der Waals surface area contributed by atoms with Crippen molar-refractivity contribution in [3.05, 3.63) is 0 Å². The average molecular weight is 259 g/mol. The molecule has 1 aliphatic rings. The average Bonchev–Trinajstić information content (AvgIpc) is 2.17. The maximum Gasteiger partial charge on any atom is 0.391 e. The molecule has 0 aromatic rings. The Morgan fingerprint density at radius 2 is 1.88 bits per heavy atom. The van der Waals surface area contributed by atoms with Gasteiger partial charge in [0.25, 0.3) is 0 Å². The van der Waals surface area contributed by atoms with Crippen molar-refractivity contribution in [1.82, 2.24) is 0 Å². The zero-order chi connectivity index (χ0) is 12.4. The Labute approximate surface area is 99.3 Å². The van der Waals surface area contributed by atoms with Gasteiger partial charge in [-0.3, -0.25) is 0 Å². The topological polar surface area (TPSA) is 9.23 Å². The van der Waals surface area contributed by atoms with Crippen molar-refractivity contribution in [2.24, 2.45) is 5.41 Å². The Morgan fingerprint density at radius 1 is 1.31 bits per heavy atom. The van der Waals surface area contributed by atoms with Crippen LogP contribution in [0.15, 0.2) is 0 Å². The lowest BCUT2D eigenvalue weighted by Gasteiger charge is -2.52. The van der Waals surface area contributed by atoms with Crippen LogP contribution in [0.25, 0.3) is 0 Å². The van der Waals surface area contributed by atoms with E-state index >= 15 is 0 Å². The molecule has 1 rings (SSSR count). The van der Waals surface area contributed by atoms with Crippen LogP contribution in [0.4, 0.5) is 13.2 Å². The third kappa shape index (κ3) is 2.83. The molecule has 2 unspecified atom stereocenters. The number of hydrogen-bond acceptors (Lipinski definition) is 1. The van der Waals surface area contributed by atoms with Crippen LogP contribution in [0.1, 0.15) is 39.5 Å². The fourth-order valence-electron chi connectivity index (χ4n) is 2.40. The minimum absolute atomic E-state index is 0.0402. The van der Waals surface area contributed by atoms with E-state index in [1.807, 2.05) is 13.8 Å². The van der Waals surface area contributed by atoms with E-state index in [1.54, 1.807) is 0 Å². The molecule has 0 aliphatic heterocycles. The van der Waals surface area contributed by atoms with Crippen LogP contribution in [0.2, 0.25) is 0 Å². The van der Waals surface area contributed by atoms with Crippen LogP contribution in [-0.4, -0.2) is 24.3 Å². The first-order chi connectivity index (χ1) is 7.35. The number of rotatable bonds is 5. The highest BCUT2D eigenvalue weighted by Gasteiger charge is 2.52. The molecule has 0 saturated heterocycles. The molecule has 2 atom stereocenters. The Hall–Kier alpha value is 0.0400. The zero-order valence-electron chi connectivity index (χ0n) is 9.61. The Kier molecular flexibility index (Phi) is 4.52. The van der Waals surface area contributed by atoms with Gasteiger partial charge < -0.3 is 4.74 Å². The van der Waals surface area contributed by atoms with Gasteiger partial charge in [-0.15, -0.1) is 11.6 Å². The molecule has 0 heterocycles. The van der Waals surface area contributed by atoms with Gasteiger partial charge in [-0.2, -0.15) is 13.2 Å². The molecule has 1 aliphatic carbocycles. The molecule has 0 aromatic carbocycles. The Bertz CT molecular complexity index is 226. The first-order valence-electron chi connectivity index (χ1n) is 5.68. The molecule has 16 heavy (non-hydrogen) atoms. The van der Waals surface area contributed by atoms with Crippen LogP contribution in [0.5, 0.6) is 0 Å². The maximum absolute atomic E-state index is 12.0. The van der Waals surface area contributed by atoms with Gasteiger partial charge in [0.15, 0.2) is 0 Å². The summed E-state index contributed by atoms with van der Waals surface area (Å²) in [7, 11) is 0. The van der Waals surface area contributed by atoms with Crippen molar-refractivity contribution in [2.45, 2.75) is 57.2 Å². The molecular weight excluding hydrogens is 241 g/mol. The van der Waals surface area contributed by atoms with Crippen LogP contribution < -0.4 is 0 Å². The molecule has 0 amide bonds.